The van der Waals surface area contributed by atoms with Gasteiger partial charge in [0.1, 0.15) is 11.9 Å². The maximum Gasteiger partial charge on any atom is 0.261 e. The van der Waals surface area contributed by atoms with Crippen LogP contribution in [0.2, 0.25) is 5.02 Å². The molecule has 0 aliphatic carbocycles. The van der Waals surface area contributed by atoms with E-state index < -0.39 is 15.8 Å². The number of hydrogen-bond acceptors (Lipinski definition) is 3. The van der Waals surface area contributed by atoms with Crippen LogP contribution in [-0.2, 0) is 10.0 Å². The van der Waals surface area contributed by atoms with Crippen molar-refractivity contribution in [2.75, 3.05) is 4.72 Å². The number of anilines is 1. The molecule has 2 aromatic carbocycles. The Morgan fingerprint density at radius 2 is 1.95 bits per heavy atom. The Morgan fingerprint density at radius 3 is 2.57 bits per heavy atom. The van der Waals surface area contributed by atoms with Gasteiger partial charge in [0.25, 0.3) is 10.0 Å². The number of hydrogen-bond donors (Lipinski definition) is 1. The van der Waals surface area contributed by atoms with Crippen molar-refractivity contribution in [3.63, 3.8) is 0 Å². The molecule has 0 saturated carbocycles. The monoisotopic (exact) mass is 324 g/mol. The number of aryl methyl sites for hydroxylation is 1. The highest BCUT2D eigenvalue weighted by molar-refractivity contribution is 7.92. The molecule has 0 saturated heterocycles. The molecule has 2 rings (SSSR count). The second kappa shape index (κ2) is 5.72. The zero-order chi connectivity index (χ0) is 15.6. The third-order valence-corrected chi connectivity index (χ3v) is 4.41. The van der Waals surface area contributed by atoms with E-state index in [2.05, 4.69) is 4.72 Å². The summed E-state index contributed by atoms with van der Waals surface area (Å²) >= 11 is 5.97. The topological polar surface area (TPSA) is 70.0 Å². The zero-order valence-electron chi connectivity index (χ0n) is 10.9. The number of nitrogens with one attached hydrogen (secondary N) is 1. The Labute approximate surface area is 126 Å². The van der Waals surface area contributed by atoms with Crippen LogP contribution in [0.25, 0.3) is 0 Å². The second-order valence-electron chi connectivity index (χ2n) is 4.34. The lowest BCUT2D eigenvalue weighted by atomic mass is 10.2. The molecule has 0 heterocycles. The molecule has 0 unspecified atom stereocenters. The van der Waals surface area contributed by atoms with Gasteiger partial charge in [-0.3, -0.25) is 4.72 Å². The van der Waals surface area contributed by atoms with Crippen LogP contribution in [0.1, 0.15) is 11.1 Å². The number of rotatable bonds is 3. The van der Waals surface area contributed by atoms with Gasteiger partial charge in [0.05, 0.1) is 21.2 Å². The van der Waals surface area contributed by atoms with Gasteiger partial charge in [0.15, 0.2) is 0 Å². The molecule has 7 heteroatoms. The molecule has 0 bridgehead atoms. The van der Waals surface area contributed by atoms with Crippen molar-refractivity contribution in [2.45, 2.75) is 11.8 Å². The minimum absolute atomic E-state index is 0.211. The summed E-state index contributed by atoms with van der Waals surface area (Å²) in [5, 5.41) is 9.00. The van der Waals surface area contributed by atoms with Crippen LogP contribution in [0.3, 0.4) is 0 Å². The van der Waals surface area contributed by atoms with Crippen molar-refractivity contribution in [1.82, 2.24) is 0 Å². The van der Waals surface area contributed by atoms with Crippen LogP contribution in [0, 0.1) is 24.1 Å². The fourth-order valence-corrected chi connectivity index (χ4v) is 3.11. The van der Waals surface area contributed by atoms with E-state index in [1.165, 1.54) is 6.07 Å². The third kappa shape index (κ3) is 3.32. The molecular formula is C14H10ClFN2O2S. The molecule has 0 atom stereocenters. The van der Waals surface area contributed by atoms with E-state index in [1.807, 2.05) is 6.92 Å². The van der Waals surface area contributed by atoms with Gasteiger partial charge in [-0.05, 0) is 42.8 Å². The van der Waals surface area contributed by atoms with Crippen LogP contribution in [0.5, 0.6) is 0 Å². The molecule has 1 N–H and O–H groups in total. The number of benzene rings is 2. The first-order valence-corrected chi connectivity index (χ1v) is 7.68. The minimum Gasteiger partial charge on any atom is -0.278 e. The van der Waals surface area contributed by atoms with Gasteiger partial charge >= 0.3 is 0 Å². The quantitative estimate of drug-likeness (QED) is 0.940. The second-order valence-corrected chi connectivity index (χ2v) is 6.43. The van der Waals surface area contributed by atoms with Crippen molar-refractivity contribution < 1.29 is 12.8 Å². The maximum absolute atomic E-state index is 13.2. The summed E-state index contributed by atoms with van der Waals surface area (Å²) in [6, 6.07) is 9.44. The summed E-state index contributed by atoms with van der Waals surface area (Å²) in [5.74, 6) is -0.773. The number of sulfonamides is 1. The van der Waals surface area contributed by atoms with Gasteiger partial charge in [-0.1, -0.05) is 17.7 Å². The van der Waals surface area contributed by atoms with Gasteiger partial charge in [-0.2, -0.15) is 5.26 Å². The molecule has 0 aromatic heterocycles. The van der Waals surface area contributed by atoms with Crippen molar-refractivity contribution >= 4 is 27.3 Å². The van der Waals surface area contributed by atoms with E-state index in [9.17, 15) is 12.8 Å². The Balaban J connectivity index is 2.41. The fourth-order valence-electron chi connectivity index (χ4n) is 1.66. The highest BCUT2D eigenvalue weighted by atomic mass is 35.5. The smallest absolute Gasteiger partial charge is 0.261 e. The van der Waals surface area contributed by atoms with Crippen LogP contribution < -0.4 is 4.72 Å². The third-order valence-electron chi connectivity index (χ3n) is 2.74. The average molecular weight is 325 g/mol. The largest absolute Gasteiger partial charge is 0.278 e. The van der Waals surface area contributed by atoms with E-state index in [0.29, 0.717) is 0 Å². The van der Waals surface area contributed by atoms with Crippen LogP contribution >= 0.6 is 11.6 Å². The Hall–Kier alpha value is -2.10. The standard InChI is InChI=1S/C14H10ClFN2O2S/c1-9-2-5-14(12(15)6-9)18-21(19,20)11-3-4-13(16)10(7-11)8-17/h2-7,18H,1H3. The highest BCUT2D eigenvalue weighted by Gasteiger charge is 2.17. The summed E-state index contributed by atoms with van der Waals surface area (Å²) in [6.45, 7) is 1.82. The summed E-state index contributed by atoms with van der Waals surface area (Å²) in [7, 11) is -3.95. The normalized spacial score (nSPS) is 11.0. The number of halogens is 2. The molecule has 0 aliphatic rings. The SMILES string of the molecule is Cc1ccc(NS(=O)(=O)c2ccc(F)c(C#N)c2)c(Cl)c1. The first-order valence-electron chi connectivity index (χ1n) is 5.82. The van der Waals surface area contributed by atoms with Crippen molar-refractivity contribution in [1.29, 1.82) is 5.26 Å². The zero-order valence-corrected chi connectivity index (χ0v) is 12.5. The maximum atomic E-state index is 13.2. The molecule has 0 spiro atoms. The molecule has 0 radical (unpaired) electrons. The highest BCUT2D eigenvalue weighted by Crippen LogP contribution is 2.26. The van der Waals surface area contributed by atoms with Crippen molar-refractivity contribution in [3.05, 3.63) is 58.4 Å². The van der Waals surface area contributed by atoms with Gasteiger partial charge in [0.2, 0.25) is 0 Å². The lowest BCUT2D eigenvalue weighted by Gasteiger charge is -2.10. The number of nitriles is 1. The first kappa shape index (κ1) is 15.3. The Morgan fingerprint density at radius 1 is 1.24 bits per heavy atom. The van der Waals surface area contributed by atoms with Crippen LogP contribution in [-0.4, -0.2) is 8.42 Å². The summed E-state index contributed by atoms with van der Waals surface area (Å²) < 4.78 is 40.0. The average Bonchev–Trinajstić information content (AvgIpc) is 2.42. The molecule has 4 nitrogen and oxygen atoms in total. The fraction of sp³-hybridized carbons (Fsp3) is 0.0714. The van der Waals surface area contributed by atoms with E-state index in [-0.39, 0.29) is 21.2 Å². The predicted octanol–water partition coefficient (Wildman–Crippen LogP) is 3.46. The van der Waals surface area contributed by atoms with Gasteiger partial charge < -0.3 is 0 Å². The predicted molar refractivity (Wildman–Crippen MR) is 78.1 cm³/mol. The molecule has 0 aliphatic heterocycles. The summed E-state index contributed by atoms with van der Waals surface area (Å²) in [6.07, 6.45) is 0. The summed E-state index contributed by atoms with van der Waals surface area (Å²) in [5.41, 5.74) is 0.759. The first-order chi connectivity index (χ1) is 9.83. The van der Waals surface area contributed by atoms with Gasteiger partial charge in [-0.25, -0.2) is 12.8 Å². The molecule has 0 fully saturated rings. The molecular weight excluding hydrogens is 315 g/mol. The summed E-state index contributed by atoms with van der Waals surface area (Å²) in [4.78, 5) is -0.211. The van der Waals surface area contributed by atoms with E-state index in [4.69, 9.17) is 16.9 Å². The Kier molecular flexibility index (Phi) is 4.16. The molecule has 2 aromatic rings. The molecule has 0 amide bonds. The van der Waals surface area contributed by atoms with Crippen LogP contribution in [0.4, 0.5) is 10.1 Å². The number of nitrogens with zero attached hydrogens (tertiary/aromatic N) is 1. The lowest BCUT2D eigenvalue weighted by molar-refractivity contribution is 0.599. The minimum atomic E-state index is -3.95. The van der Waals surface area contributed by atoms with Crippen molar-refractivity contribution in [3.8, 4) is 6.07 Å². The van der Waals surface area contributed by atoms with Gasteiger partial charge in [0, 0.05) is 0 Å². The van der Waals surface area contributed by atoms with Crippen LogP contribution in [0.15, 0.2) is 41.3 Å². The van der Waals surface area contributed by atoms with Gasteiger partial charge in [-0.15, -0.1) is 0 Å². The van der Waals surface area contributed by atoms with E-state index in [1.54, 1.807) is 18.2 Å². The van der Waals surface area contributed by atoms with Crippen molar-refractivity contribution in [2.24, 2.45) is 0 Å². The molecule has 108 valence electrons. The Bertz CT molecular complexity index is 845. The lowest BCUT2D eigenvalue weighted by Crippen LogP contribution is -2.13. The molecule has 21 heavy (non-hydrogen) atoms. The van der Waals surface area contributed by atoms with E-state index in [0.717, 1.165) is 23.8 Å². The van der Waals surface area contributed by atoms with E-state index >= 15 is 0 Å².